The Morgan fingerprint density at radius 3 is 2.31 bits per heavy atom. The summed E-state index contributed by atoms with van der Waals surface area (Å²) in [6, 6.07) is 0. The first kappa shape index (κ1) is 12.2. The lowest BCUT2D eigenvalue weighted by molar-refractivity contribution is -0.141. The van der Waals surface area contributed by atoms with Gasteiger partial charge in [-0.3, -0.25) is 9.59 Å². The van der Waals surface area contributed by atoms with E-state index in [1.807, 2.05) is 0 Å². The lowest BCUT2D eigenvalue weighted by atomic mass is 10.4. The molecule has 0 spiro atoms. The van der Waals surface area contributed by atoms with E-state index in [2.05, 4.69) is 9.47 Å². The zero-order valence-corrected chi connectivity index (χ0v) is 8.53. The molecule has 0 aromatic heterocycles. The Hall–Kier alpha value is -0.830. The van der Waals surface area contributed by atoms with Gasteiger partial charge in [0, 0.05) is 6.16 Å². The summed E-state index contributed by atoms with van der Waals surface area (Å²) in [5, 5.41) is 0. The lowest BCUT2D eigenvalue weighted by Crippen LogP contribution is -2.23. The molecule has 0 aromatic carbocycles. The van der Waals surface area contributed by atoms with Crippen molar-refractivity contribution in [3.63, 3.8) is 0 Å². The molecule has 13 heavy (non-hydrogen) atoms. The minimum atomic E-state index is -2.27. The Bertz CT molecular complexity index is 209. The van der Waals surface area contributed by atoms with Crippen LogP contribution in [-0.2, 0) is 23.6 Å². The molecular weight excluding hydrogens is 195 g/mol. The van der Waals surface area contributed by atoms with Crippen LogP contribution >= 0.6 is 7.14 Å². The number of carbonyl (C=O) groups excluding carboxylic acids is 2. The molecule has 0 aliphatic heterocycles. The summed E-state index contributed by atoms with van der Waals surface area (Å²) in [4.78, 5) is 19.9. The summed E-state index contributed by atoms with van der Waals surface area (Å²) in [6.07, 6.45) is -0.386. The van der Waals surface area contributed by atoms with Gasteiger partial charge in [0.15, 0.2) is 0 Å². The van der Waals surface area contributed by atoms with Crippen LogP contribution in [0.5, 0.6) is 0 Å². The molecule has 0 saturated heterocycles. The van der Waals surface area contributed by atoms with E-state index in [-0.39, 0.29) is 25.7 Å². The van der Waals surface area contributed by atoms with Crippen molar-refractivity contribution < 1.29 is 23.6 Å². The van der Waals surface area contributed by atoms with E-state index >= 15 is 0 Å². The number of carbonyl (C=O) groups is 2. The van der Waals surface area contributed by atoms with Crippen LogP contribution in [0.15, 0.2) is 0 Å². The van der Waals surface area contributed by atoms with Gasteiger partial charge < -0.3 is 14.0 Å². The van der Waals surface area contributed by atoms with Gasteiger partial charge in [-0.1, -0.05) is 0 Å². The van der Waals surface area contributed by atoms with Gasteiger partial charge in [0.05, 0.1) is 7.14 Å². The van der Waals surface area contributed by atoms with Gasteiger partial charge in [0.2, 0.25) is 0 Å². The lowest BCUT2D eigenvalue weighted by Gasteiger charge is -2.15. The first-order valence-corrected chi connectivity index (χ1v) is 6.46. The average Bonchev–Trinajstić information content (AvgIpc) is 1.98. The van der Waals surface area contributed by atoms with Gasteiger partial charge in [0.1, 0.15) is 12.7 Å². The highest BCUT2D eigenvalue weighted by Gasteiger charge is 2.18. The van der Waals surface area contributed by atoms with E-state index in [1.165, 1.54) is 0 Å². The molecule has 1 atom stereocenters. The molecule has 0 amide bonds. The molecule has 76 valence electrons. The number of hydrogen-bond donors (Lipinski definition) is 0. The molecular formula is C7H13O5P. The molecule has 0 aromatic rings. The average molecular weight is 208 g/mol. The highest BCUT2D eigenvalue weighted by Crippen LogP contribution is 2.36. The highest BCUT2D eigenvalue weighted by atomic mass is 31.2. The molecule has 0 N–H and O–H groups in total. The quantitative estimate of drug-likeness (QED) is 0.445. The minimum Gasteiger partial charge on any atom is -0.464 e. The van der Waals surface area contributed by atoms with Crippen LogP contribution in [0.2, 0.25) is 0 Å². The SMILES string of the molecule is CP(C)(=O)CC(COC=O)OC=O. The maximum absolute atomic E-state index is 11.3. The predicted octanol–water partition coefficient (Wildman–Crippen LogP) is 0.324. The molecule has 0 fully saturated rings. The Morgan fingerprint density at radius 1 is 1.31 bits per heavy atom. The Balaban J connectivity index is 4.00. The van der Waals surface area contributed by atoms with E-state index in [0.717, 1.165) is 0 Å². The van der Waals surface area contributed by atoms with Crippen molar-refractivity contribution in [2.75, 3.05) is 26.1 Å². The van der Waals surface area contributed by atoms with Gasteiger partial charge in [0.25, 0.3) is 12.9 Å². The summed E-state index contributed by atoms with van der Waals surface area (Å²) < 4.78 is 20.3. The van der Waals surface area contributed by atoms with Crippen LogP contribution in [0, 0.1) is 0 Å². The number of ether oxygens (including phenoxy) is 2. The van der Waals surface area contributed by atoms with Crippen LogP contribution in [0.4, 0.5) is 0 Å². The smallest absolute Gasteiger partial charge is 0.293 e. The second-order valence-corrected chi connectivity index (χ2v) is 6.55. The van der Waals surface area contributed by atoms with Crippen LogP contribution < -0.4 is 0 Å². The summed E-state index contributed by atoms with van der Waals surface area (Å²) in [5.74, 6) is 0. The molecule has 0 bridgehead atoms. The van der Waals surface area contributed by atoms with Gasteiger partial charge in [-0.15, -0.1) is 0 Å². The van der Waals surface area contributed by atoms with Crippen molar-refractivity contribution in [3.8, 4) is 0 Å². The molecule has 0 heterocycles. The van der Waals surface area contributed by atoms with Gasteiger partial charge in [-0.2, -0.15) is 0 Å². The molecule has 6 heteroatoms. The van der Waals surface area contributed by atoms with E-state index in [1.54, 1.807) is 13.3 Å². The highest BCUT2D eigenvalue weighted by molar-refractivity contribution is 7.62. The Labute approximate surface area is 76.8 Å². The van der Waals surface area contributed by atoms with E-state index < -0.39 is 13.2 Å². The summed E-state index contributed by atoms with van der Waals surface area (Å²) in [5.41, 5.74) is 0. The van der Waals surface area contributed by atoms with E-state index in [9.17, 15) is 14.2 Å². The van der Waals surface area contributed by atoms with Crippen molar-refractivity contribution in [3.05, 3.63) is 0 Å². The third kappa shape index (κ3) is 7.53. The fourth-order valence-corrected chi connectivity index (χ4v) is 2.02. The zero-order valence-electron chi connectivity index (χ0n) is 7.63. The van der Waals surface area contributed by atoms with Crippen LogP contribution in [0.1, 0.15) is 0 Å². The van der Waals surface area contributed by atoms with Crippen LogP contribution in [-0.4, -0.2) is 45.1 Å². The topological polar surface area (TPSA) is 69.7 Å². The van der Waals surface area contributed by atoms with Gasteiger partial charge in [-0.25, -0.2) is 0 Å². The monoisotopic (exact) mass is 208 g/mol. The first-order valence-electron chi connectivity index (χ1n) is 3.68. The number of rotatable bonds is 7. The molecule has 0 radical (unpaired) electrons. The van der Waals surface area contributed by atoms with Crippen LogP contribution in [0.3, 0.4) is 0 Å². The maximum atomic E-state index is 11.3. The van der Waals surface area contributed by atoms with Crippen molar-refractivity contribution in [1.82, 2.24) is 0 Å². The van der Waals surface area contributed by atoms with E-state index in [0.29, 0.717) is 0 Å². The molecule has 1 unspecified atom stereocenters. The standard InChI is InChI=1S/C7H13O5P/c1-13(2,10)4-7(12-6-9)3-11-5-8/h5-7H,3-4H2,1-2H3. The number of hydrogen-bond acceptors (Lipinski definition) is 5. The van der Waals surface area contributed by atoms with Gasteiger partial charge in [-0.05, 0) is 13.3 Å². The molecule has 0 rings (SSSR count). The summed E-state index contributed by atoms with van der Waals surface area (Å²) in [7, 11) is -2.27. The van der Waals surface area contributed by atoms with Crippen molar-refractivity contribution >= 4 is 20.1 Å². The second kappa shape index (κ2) is 5.75. The fourth-order valence-electron chi connectivity index (χ4n) is 0.851. The third-order valence-corrected chi connectivity index (χ3v) is 2.53. The minimum absolute atomic E-state index is 0.0477. The second-order valence-electron chi connectivity index (χ2n) is 3.04. The molecule has 5 nitrogen and oxygen atoms in total. The Kier molecular flexibility index (Phi) is 5.39. The molecule has 0 aliphatic rings. The van der Waals surface area contributed by atoms with Crippen LogP contribution in [0.25, 0.3) is 0 Å². The van der Waals surface area contributed by atoms with Crippen molar-refractivity contribution in [2.24, 2.45) is 0 Å². The molecule has 0 saturated carbocycles. The van der Waals surface area contributed by atoms with Crippen molar-refractivity contribution in [2.45, 2.75) is 6.10 Å². The van der Waals surface area contributed by atoms with Crippen molar-refractivity contribution in [1.29, 1.82) is 0 Å². The molecule has 0 aliphatic carbocycles. The predicted molar refractivity (Wildman–Crippen MR) is 47.3 cm³/mol. The first-order chi connectivity index (χ1) is 5.99. The summed E-state index contributed by atoms with van der Waals surface area (Å²) >= 11 is 0. The third-order valence-electron chi connectivity index (χ3n) is 1.24. The maximum Gasteiger partial charge on any atom is 0.293 e. The zero-order chi connectivity index (χ0) is 10.3. The summed E-state index contributed by atoms with van der Waals surface area (Å²) in [6.45, 7) is 3.63. The van der Waals surface area contributed by atoms with Gasteiger partial charge >= 0.3 is 0 Å². The fraction of sp³-hybridized carbons (Fsp3) is 0.714. The Morgan fingerprint density at radius 2 is 1.92 bits per heavy atom. The van der Waals surface area contributed by atoms with E-state index in [4.69, 9.17) is 0 Å². The largest absolute Gasteiger partial charge is 0.464 e. The normalized spacial score (nSPS) is 13.1.